The van der Waals surface area contributed by atoms with Gasteiger partial charge >= 0.3 is 7.32 Å². The van der Waals surface area contributed by atoms with Gasteiger partial charge in [-0.1, -0.05) is 24.3 Å². The van der Waals surface area contributed by atoms with E-state index in [-0.39, 0.29) is 5.84 Å². The van der Waals surface area contributed by atoms with E-state index in [4.69, 9.17) is 25.1 Å². The predicted octanol–water partition coefficient (Wildman–Crippen LogP) is 0.519. The van der Waals surface area contributed by atoms with Gasteiger partial charge in [0.05, 0.1) is 19.8 Å². The summed E-state index contributed by atoms with van der Waals surface area (Å²) in [6.07, 6.45) is 0. The fourth-order valence-corrected chi connectivity index (χ4v) is 1.38. The molecule has 1 saturated heterocycles. The van der Waals surface area contributed by atoms with Crippen LogP contribution in [0.2, 0.25) is 0 Å². The number of amidine groups is 1. The number of hydrogen-bond acceptors (Lipinski definition) is 4. The van der Waals surface area contributed by atoms with Crippen LogP contribution in [0.1, 0.15) is 11.1 Å². The molecule has 3 N–H and O–H groups in total. The highest BCUT2D eigenvalue weighted by molar-refractivity contribution is 6.36. The number of nitrogen functional groups attached to an aromatic ring is 1. The molecule has 1 fully saturated rings. The van der Waals surface area contributed by atoms with Crippen LogP contribution in [0.15, 0.2) is 24.3 Å². The van der Waals surface area contributed by atoms with Crippen LogP contribution in [-0.2, 0) is 20.6 Å². The van der Waals surface area contributed by atoms with Crippen LogP contribution >= 0.6 is 0 Å². The molecule has 0 bridgehead atoms. The van der Waals surface area contributed by atoms with Crippen molar-refractivity contribution in [3.8, 4) is 0 Å². The fourth-order valence-electron chi connectivity index (χ4n) is 1.38. The van der Waals surface area contributed by atoms with Crippen LogP contribution in [-0.4, -0.2) is 26.4 Å². The Hall–Kier alpha value is -1.37. The summed E-state index contributed by atoms with van der Waals surface area (Å²) >= 11 is 0. The molecule has 1 aromatic carbocycles. The van der Waals surface area contributed by atoms with Crippen molar-refractivity contribution >= 4 is 13.2 Å². The first-order valence-electron chi connectivity index (χ1n) is 5.04. The molecule has 16 heavy (non-hydrogen) atoms. The lowest BCUT2D eigenvalue weighted by atomic mass is 10.1. The number of nitrogens with one attached hydrogen (secondary N) is 1. The van der Waals surface area contributed by atoms with Crippen molar-refractivity contribution in [1.29, 1.82) is 5.41 Å². The van der Waals surface area contributed by atoms with Crippen LogP contribution in [0, 0.1) is 5.41 Å². The average Bonchev–Trinajstić information content (AvgIpc) is 2.80. The van der Waals surface area contributed by atoms with Gasteiger partial charge in [0.2, 0.25) is 0 Å². The molecule has 0 atom stereocenters. The normalized spacial score (nSPS) is 15.4. The highest BCUT2D eigenvalue weighted by Gasteiger charge is 2.26. The van der Waals surface area contributed by atoms with E-state index >= 15 is 0 Å². The van der Waals surface area contributed by atoms with Gasteiger partial charge in [-0.25, -0.2) is 0 Å². The Kier molecular flexibility index (Phi) is 3.56. The molecule has 1 heterocycles. The van der Waals surface area contributed by atoms with Gasteiger partial charge in [0.25, 0.3) is 0 Å². The van der Waals surface area contributed by atoms with Crippen molar-refractivity contribution in [2.45, 2.75) is 6.61 Å². The van der Waals surface area contributed by atoms with Crippen molar-refractivity contribution in [3.63, 3.8) is 0 Å². The molecular formula is C10H13BN2O3. The summed E-state index contributed by atoms with van der Waals surface area (Å²) in [5.74, 6) is 0.0647. The second-order valence-corrected chi connectivity index (χ2v) is 3.45. The van der Waals surface area contributed by atoms with Gasteiger partial charge in [0.15, 0.2) is 0 Å². The molecule has 1 aliphatic rings. The monoisotopic (exact) mass is 220 g/mol. The molecule has 0 aliphatic carbocycles. The Balaban J connectivity index is 1.87. The minimum atomic E-state index is -0.549. The summed E-state index contributed by atoms with van der Waals surface area (Å²) in [4.78, 5) is 0. The number of benzene rings is 1. The zero-order valence-corrected chi connectivity index (χ0v) is 8.81. The van der Waals surface area contributed by atoms with E-state index in [1.165, 1.54) is 0 Å². The van der Waals surface area contributed by atoms with E-state index < -0.39 is 7.32 Å². The third-order valence-electron chi connectivity index (χ3n) is 2.24. The van der Waals surface area contributed by atoms with Gasteiger partial charge in [-0.2, -0.15) is 0 Å². The number of nitrogens with two attached hydrogens (primary N) is 1. The third-order valence-corrected chi connectivity index (χ3v) is 2.24. The molecule has 0 amide bonds. The maximum absolute atomic E-state index is 7.25. The maximum atomic E-state index is 7.25. The molecule has 6 heteroatoms. The first-order valence-corrected chi connectivity index (χ1v) is 5.04. The van der Waals surface area contributed by atoms with E-state index in [0.29, 0.717) is 25.4 Å². The van der Waals surface area contributed by atoms with Crippen molar-refractivity contribution < 1.29 is 14.0 Å². The topological polar surface area (TPSA) is 77.6 Å². The summed E-state index contributed by atoms with van der Waals surface area (Å²) in [5.41, 5.74) is 7.04. The third kappa shape index (κ3) is 2.82. The summed E-state index contributed by atoms with van der Waals surface area (Å²) in [7, 11) is -0.549. The standard InChI is InChI=1S/C10H13BN2O3/c12-10(13)9-3-1-8(2-4-9)7-16-11-14-5-6-15-11/h1-4H,5-7H2,(H3,12,13). The SMILES string of the molecule is N=C(N)c1ccc(COB2OCCO2)cc1. The lowest BCUT2D eigenvalue weighted by molar-refractivity contribution is 0.170. The highest BCUT2D eigenvalue weighted by Crippen LogP contribution is 2.08. The Morgan fingerprint density at radius 1 is 1.31 bits per heavy atom. The zero-order chi connectivity index (χ0) is 11.4. The molecule has 2 rings (SSSR count). The van der Waals surface area contributed by atoms with Crippen molar-refractivity contribution in [2.75, 3.05) is 13.2 Å². The van der Waals surface area contributed by atoms with E-state index in [9.17, 15) is 0 Å². The van der Waals surface area contributed by atoms with Crippen molar-refractivity contribution in [2.24, 2.45) is 5.73 Å². The second kappa shape index (κ2) is 5.11. The lowest BCUT2D eigenvalue weighted by Crippen LogP contribution is -2.19. The smallest absolute Gasteiger partial charge is 0.384 e. The summed E-state index contributed by atoms with van der Waals surface area (Å²) < 4.78 is 15.6. The average molecular weight is 220 g/mol. The van der Waals surface area contributed by atoms with Gasteiger partial charge in [0.1, 0.15) is 5.84 Å². The van der Waals surface area contributed by atoms with Crippen molar-refractivity contribution in [1.82, 2.24) is 0 Å². The zero-order valence-electron chi connectivity index (χ0n) is 8.81. The predicted molar refractivity (Wildman–Crippen MR) is 59.9 cm³/mol. The van der Waals surface area contributed by atoms with E-state index in [0.717, 1.165) is 5.56 Å². The molecule has 5 nitrogen and oxygen atoms in total. The molecule has 0 unspecified atom stereocenters. The Morgan fingerprint density at radius 3 is 2.50 bits per heavy atom. The first kappa shape index (κ1) is 11.1. The van der Waals surface area contributed by atoms with E-state index in [1.54, 1.807) is 12.1 Å². The fraction of sp³-hybridized carbons (Fsp3) is 0.300. The molecule has 0 radical (unpaired) electrons. The van der Waals surface area contributed by atoms with Crippen LogP contribution in [0.4, 0.5) is 0 Å². The van der Waals surface area contributed by atoms with Gasteiger partial charge < -0.3 is 19.7 Å². The van der Waals surface area contributed by atoms with Crippen LogP contribution in [0.25, 0.3) is 0 Å². The van der Waals surface area contributed by atoms with Crippen LogP contribution in [0.5, 0.6) is 0 Å². The number of rotatable bonds is 4. The Bertz CT molecular complexity index is 363. The molecule has 0 saturated carbocycles. The minimum absolute atomic E-state index is 0.0647. The molecule has 84 valence electrons. The van der Waals surface area contributed by atoms with Crippen LogP contribution in [0.3, 0.4) is 0 Å². The van der Waals surface area contributed by atoms with Gasteiger partial charge in [0, 0.05) is 5.56 Å². The number of hydrogen-bond donors (Lipinski definition) is 2. The maximum Gasteiger partial charge on any atom is 0.639 e. The molecular weight excluding hydrogens is 207 g/mol. The van der Waals surface area contributed by atoms with Crippen LogP contribution < -0.4 is 5.73 Å². The first-order chi connectivity index (χ1) is 7.75. The molecule has 1 aliphatic heterocycles. The largest absolute Gasteiger partial charge is 0.639 e. The molecule has 1 aromatic rings. The summed E-state index contributed by atoms with van der Waals surface area (Å²) in [5, 5.41) is 7.25. The Morgan fingerprint density at radius 2 is 1.94 bits per heavy atom. The van der Waals surface area contributed by atoms with E-state index in [2.05, 4.69) is 0 Å². The van der Waals surface area contributed by atoms with Gasteiger partial charge in [-0.3, -0.25) is 5.41 Å². The molecule has 0 spiro atoms. The summed E-state index contributed by atoms with van der Waals surface area (Å²) in [6, 6.07) is 7.31. The quantitative estimate of drug-likeness (QED) is 0.440. The highest BCUT2D eigenvalue weighted by atomic mass is 16.8. The molecule has 0 aromatic heterocycles. The lowest BCUT2D eigenvalue weighted by Gasteiger charge is -2.06. The Labute approximate surface area is 94.2 Å². The second-order valence-electron chi connectivity index (χ2n) is 3.45. The van der Waals surface area contributed by atoms with Gasteiger partial charge in [-0.05, 0) is 5.56 Å². The minimum Gasteiger partial charge on any atom is -0.384 e. The van der Waals surface area contributed by atoms with Crippen molar-refractivity contribution in [3.05, 3.63) is 35.4 Å². The van der Waals surface area contributed by atoms with Gasteiger partial charge in [-0.15, -0.1) is 0 Å². The summed E-state index contributed by atoms with van der Waals surface area (Å²) in [6.45, 7) is 1.57. The van der Waals surface area contributed by atoms with E-state index in [1.807, 2.05) is 12.1 Å².